The molecule has 0 aliphatic heterocycles. The second kappa shape index (κ2) is 2.48. The maximum absolute atomic E-state index is 9.52. The van der Waals surface area contributed by atoms with Gasteiger partial charge in [0, 0.05) is 11.1 Å². The fourth-order valence-corrected chi connectivity index (χ4v) is 1.41. The molecule has 1 aliphatic rings. The minimum Gasteiger partial charge on any atom is -0.508 e. The molecule has 0 bridgehead atoms. The van der Waals surface area contributed by atoms with E-state index in [-0.39, 0.29) is 11.3 Å². The summed E-state index contributed by atoms with van der Waals surface area (Å²) < 4.78 is 0. The molecule has 1 aromatic rings. The smallest absolute Gasteiger partial charge is 0.120 e. The van der Waals surface area contributed by atoms with Crippen LogP contribution in [0.2, 0.25) is 0 Å². The highest BCUT2D eigenvalue weighted by Gasteiger charge is 2.42. The first kappa shape index (κ1) is 8.09. The summed E-state index contributed by atoms with van der Waals surface area (Å²) in [6.45, 7) is 0. The number of rotatable bonds is 1. The van der Waals surface area contributed by atoms with E-state index in [4.69, 9.17) is 11.0 Å². The number of aromatic hydroxyl groups is 1. The molecule has 3 N–H and O–H groups in total. The highest BCUT2D eigenvalue weighted by molar-refractivity contribution is 5.46. The van der Waals surface area contributed by atoms with Gasteiger partial charge in [0.15, 0.2) is 0 Å². The van der Waals surface area contributed by atoms with Crippen LogP contribution in [0.5, 0.6) is 5.75 Å². The zero-order valence-corrected chi connectivity index (χ0v) is 7.12. The summed E-state index contributed by atoms with van der Waals surface area (Å²) in [5.41, 5.74) is 6.79. The molecule has 0 spiro atoms. The van der Waals surface area contributed by atoms with Gasteiger partial charge in [-0.2, -0.15) is 5.26 Å². The maximum Gasteiger partial charge on any atom is 0.120 e. The van der Waals surface area contributed by atoms with Gasteiger partial charge < -0.3 is 10.8 Å². The van der Waals surface area contributed by atoms with E-state index in [0.717, 1.165) is 12.8 Å². The topological polar surface area (TPSA) is 70.0 Å². The van der Waals surface area contributed by atoms with Gasteiger partial charge in [-0.15, -0.1) is 0 Å². The van der Waals surface area contributed by atoms with Crippen LogP contribution in [0.25, 0.3) is 0 Å². The molecule has 3 nitrogen and oxygen atoms in total. The van der Waals surface area contributed by atoms with Crippen LogP contribution < -0.4 is 5.73 Å². The van der Waals surface area contributed by atoms with Crippen LogP contribution in [0.1, 0.15) is 24.0 Å². The van der Waals surface area contributed by atoms with Gasteiger partial charge in [0.2, 0.25) is 0 Å². The van der Waals surface area contributed by atoms with E-state index in [0.29, 0.717) is 11.1 Å². The van der Waals surface area contributed by atoms with E-state index in [2.05, 4.69) is 0 Å². The van der Waals surface area contributed by atoms with Crippen LogP contribution in [0, 0.1) is 11.3 Å². The number of phenolic OH excluding ortho intramolecular Hbond substituents is 1. The van der Waals surface area contributed by atoms with Crippen LogP contribution in [0.15, 0.2) is 18.2 Å². The van der Waals surface area contributed by atoms with E-state index >= 15 is 0 Å². The summed E-state index contributed by atoms with van der Waals surface area (Å²) in [5, 5.41) is 18.2. The van der Waals surface area contributed by atoms with Crippen molar-refractivity contribution in [1.29, 1.82) is 5.26 Å². The molecule has 0 unspecified atom stereocenters. The molecular weight excluding hydrogens is 164 g/mol. The SMILES string of the molecule is N#Cc1ccc(O)c(C2(N)CC2)c1. The number of phenols is 1. The molecule has 0 atom stereocenters. The number of benzene rings is 1. The molecule has 0 saturated heterocycles. The Morgan fingerprint density at radius 1 is 1.46 bits per heavy atom. The van der Waals surface area contributed by atoms with Crippen molar-refractivity contribution in [1.82, 2.24) is 0 Å². The molecule has 0 radical (unpaired) electrons. The van der Waals surface area contributed by atoms with Crippen LogP contribution in [0.4, 0.5) is 0 Å². The molecule has 13 heavy (non-hydrogen) atoms. The Labute approximate surface area is 76.4 Å². The van der Waals surface area contributed by atoms with Crippen molar-refractivity contribution in [2.45, 2.75) is 18.4 Å². The minimum absolute atomic E-state index is 0.194. The van der Waals surface area contributed by atoms with E-state index in [1.807, 2.05) is 6.07 Å². The first-order chi connectivity index (χ1) is 6.15. The molecule has 0 amide bonds. The Kier molecular flexibility index (Phi) is 1.54. The zero-order valence-electron chi connectivity index (χ0n) is 7.12. The van der Waals surface area contributed by atoms with Crippen molar-refractivity contribution in [2.24, 2.45) is 5.73 Å². The molecular formula is C10H10N2O. The van der Waals surface area contributed by atoms with Gasteiger partial charge in [-0.05, 0) is 31.0 Å². The molecule has 1 fully saturated rings. The molecule has 0 heterocycles. The van der Waals surface area contributed by atoms with Gasteiger partial charge in [0.05, 0.1) is 11.6 Å². The summed E-state index contributed by atoms with van der Waals surface area (Å²) >= 11 is 0. The first-order valence-electron chi connectivity index (χ1n) is 4.18. The predicted molar refractivity (Wildman–Crippen MR) is 47.9 cm³/mol. The zero-order chi connectivity index (χ0) is 9.47. The second-order valence-electron chi connectivity index (χ2n) is 3.50. The summed E-state index contributed by atoms with van der Waals surface area (Å²) in [5.74, 6) is 0.194. The standard InChI is InChI=1S/C10H10N2O/c11-6-7-1-2-9(13)8(5-7)10(12)3-4-10/h1-2,5,13H,3-4,12H2. The summed E-state index contributed by atoms with van der Waals surface area (Å²) in [6, 6.07) is 6.81. The number of nitrogens with zero attached hydrogens (tertiary/aromatic N) is 1. The summed E-state index contributed by atoms with van der Waals surface area (Å²) in [6.07, 6.45) is 1.77. The molecule has 1 aliphatic carbocycles. The molecule has 1 aromatic carbocycles. The molecule has 66 valence electrons. The van der Waals surface area contributed by atoms with Gasteiger partial charge in [-0.25, -0.2) is 0 Å². The van der Waals surface area contributed by atoms with Gasteiger partial charge in [-0.1, -0.05) is 0 Å². The van der Waals surface area contributed by atoms with Crippen LogP contribution >= 0.6 is 0 Å². The third-order valence-electron chi connectivity index (χ3n) is 2.45. The molecule has 1 saturated carbocycles. The minimum atomic E-state index is -0.378. The average molecular weight is 174 g/mol. The fourth-order valence-electron chi connectivity index (χ4n) is 1.41. The average Bonchev–Trinajstić information content (AvgIpc) is 2.86. The highest BCUT2D eigenvalue weighted by Crippen LogP contribution is 2.46. The van der Waals surface area contributed by atoms with Crippen molar-refractivity contribution in [3.63, 3.8) is 0 Å². The Balaban J connectivity index is 2.50. The highest BCUT2D eigenvalue weighted by atomic mass is 16.3. The Morgan fingerprint density at radius 2 is 2.15 bits per heavy atom. The predicted octanol–water partition coefficient (Wildman–Crippen LogP) is 1.21. The van der Waals surface area contributed by atoms with E-state index in [9.17, 15) is 5.11 Å². The quantitative estimate of drug-likeness (QED) is 0.672. The number of nitriles is 1. The maximum atomic E-state index is 9.52. The molecule has 2 rings (SSSR count). The van der Waals surface area contributed by atoms with Crippen molar-refractivity contribution in [2.75, 3.05) is 0 Å². The van der Waals surface area contributed by atoms with Crippen LogP contribution in [-0.2, 0) is 5.54 Å². The summed E-state index contributed by atoms with van der Waals surface area (Å²) in [4.78, 5) is 0. The second-order valence-corrected chi connectivity index (χ2v) is 3.50. The van der Waals surface area contributed by atoms with Crippen molar-refractivity contribution in [3.05, 3.63) is 29.3 Å². The van der Waals surface area contributed by atoms with Crippen molar-refractivity contribution >= 4 is 0 Å². The van der Waals surface area contributed by atoms with Crippen molar-refractivity contribution < 1.29 is 5.11 Å². The number of hydrogen-bond acceptors (Lipinski definition) is 3. The number of hydrogen-bond donors (Lipinski definition) is 2. The van der Waals surface area contributed by atoms with Crippen LogP contribution in [-0.4, -0.2) is 5.11 Å². The third kappa shape index (κ3) is 1.25. The fraction of sp³-hybridized carbons (Fsp3) is 0.300. The van der Waals surface area contributed by atoms with Gasteiger partial charge in [0.1, 0.15) is 5.75 Å². The molecule has 0 aromatic heterocycles. The van der Waals surface area contributed by atoms with Gasteiger partial charge in [-0.3, -0.25) is 0 Å². The number of nitrogens with two attached hydrogens (primary N) is 1. The van der Waals surface area contributed by atoms with E-state index in [1.54, 1.807) is 12.1 Å². The lowest BCUT2D eigenvalue weighted by Crippen LogP contribution is -2.18. The lowest BCUT2D eigenvalue weighted by molar-refractivity contribution is 0.459. The normalized spacial score (nSPS) is 17.8. The first-order valence-corrected chi connectivity index (χ1v) is 4.18. The Morgan fingerprint density at radius 3 is 2.69 bits per heavy atom. The van der Waals surface area contributed by atoms with Crippen molar-refractivity contribution in [3.8, 4) is 11.8 Å². The van der Waals surface area contributed by atoms with Crippen LogP contribution in [0.3, 0.4) is 0 Å². The van der Waals surface area contributed by atoms with E-state index in [1.165, 1.54) is 6.07 Å². The Bertz CT molecular complexity index is 388. The lowest BCUT2D eigenvalue weighted by atomic mass is 10.0. The lowest BCUT2D eigenvalue weighted by Gasteiger charge is -2.10. The molecule has 3 heteroatoms. The van der Waals surface area contributed by atoms with E-state index < -0.39 is 0 Å². The largest absolute Gasteiger partial charge is 0.508 e. The summed E-state index contributed by atoms with van der Waals surface area (Å²) in [7, 11) is 0. The van der Waals surface area contributed by atoms with Gasteiger partial charge in [0.25, 0.3) is 0 Å². The Hall–Kier alpha value is -1.53. The third-order valence-corrected chi connectivity index (χ3v) is 2.45. The monoisotopic (exact) mass is 174 g/mol. The van der Waals surface area contributed by atoms with Gasteiger partial charge >= 0.3 is 0 Å².